The Hall–Kier alpha value is -3.67. The van der Waals surface area contributed by atoms with E-state index < -0.39 is 17.6 Å². The Balaban J connectivity index is 1.63. The molecule has 1 aliphatic rings. The summed E-state index contributed by atoms with van der Waals surface area (Å²) in [6.07, 6.45) is -0.00776. The van der Waals surface area contributed by atoms with Gasteiger partial charge >= 0.3 is 0 Å². The predicted molar refractivity (Wildman–Crippen MR) is 104 cm³/mol. The third-order valence-corrected chi connectivity index (χ3v) is 4.51. The number of amides is 2. The molecule has 2 amide bonds. The maximum atomic E-state index is 14.5. The molecule has 0 fully saturated rings. The van der Waals surface area contributed by atoms with Gasteiger partial charge < -0.3 is 15.4 Å². The zero-order chi connectivity index (χ0) is 19.5. The molecule has 1 unspecified atom stereocenters. The molecular formula is C22H17FN2O3. The second-order valence-electron chi connectivity index (χ2n) is 6.41. The van der Waals surface area contributed by atoms with E-state index >= 15 is 0 Å². The van der Waals surface area contributed by atoms with Crippen LogP contribution in [-0.2, 0) is 9.59 Å². The van der Waals surface area contributed by atoms with Gasteiger partial charge in [0.25, 0.3) is 0 Å². The Bertz CT molecular complexity index is 1040. The van der Waals surface area contributed by atoms with E-state index in [1.807, 2.05) is 6.07 Å². The lowest BCUT2D eigenvalue weighted by Crippen LogP contribution is -2.31. The molecule has 1 atom stereocenters. The van der Waals surface area contributed by atoms with Crippen LogP contribution < -0.4 is 15.4 Å². The normalized spacial score (nSPS) is 15.3. The van der Waals surface area contributed by atoms with Crippen LogP contribution in [0.2, 0.25) is 0 Å². The van der Waals surface area contributed by atoms with Gasteiger partial charge in [-0.3, -0.25) is 9.59 Å². The maximum Gasteiger partial charge on any atom is 0.232 e. The van der Waals surface area contributed by atoms with Crippen LogP contribution in [0.4, 0.5) is 15.8 Å². The van der Waals surface area contributed by atoms with Gasteiger partial charge in [-0.1, -0.05) is 42.5 Å². The quantitative estimate of drug-likeness (QED) is 0.695. The first-order valence-electron chi connectivity index (χ1n) is 8.83. The predicted octanol–water partition coefficient (Wildman–Crippen LogP) is 4.68. The molecule has 3 aromatic rings. The highest BCUT2D eigenvalue weighted by Crippen LogP contribution is 2.36. The Morgan fingerprint density at radius 3 is 2.57 bits per heavy atom. The number of halogens is 1. The van der Waals surface area contributed by atoms with Crippen LogP contribution in [0.25, 0.3) is 0 Å². The van der Waals surface area contributed by atoms with E-state index in [2.05, 4.69) is 10.6 Å². The molecular weight excluding hydrogens is 359 g/mol. The molecule has 0 saturated heterocycles. The van der Waals surface area contributed by atoms with Gasteiger partial charge in [-0.25, -0.2) is 4.39 Å². The number of hydrogen-bond acceptors (Lipinski definition) is 3. The fraction of sp³-hybridized carbons (Fsp3) is 0.0909. The van der Waals surface area contributed by atoms with E-state index in [0.717, 1.165) is 0 Å². The van der Waals surface area contributed by atoms with Crippen LogP contribution >= 0.6 is 0 Å². The second kappa shape index (κ2) is 7.52. The van der Waals surface area contributed by atoms with E-state index in [4.69, 9.17) is 4.74 Å². The van der Waals surface area contributed by atoms with Gasteiger partial charge in [0, 0.05) is 12.1 Å². The number of hydrogen-bond donors (Lipinski definition) is 2. The molecule has 6 heteroatoms. The minimum atomic E-state index is -0.714. The van der Waals surface area contributed by atoms with E-state index in [-0.39, 0.29) is 23.8 Å². The van der Waals surface area contributed by atoms with Crippen LogP contribution in [0.3, 0.4) is 0 Å². The van der Waals surface area contributed by atoms with E-state index in [0.29, 0.717) is 17.0 Å². The largest absolute Gasteiger partial charge is 0.455 e. The fourth-order valence-corrected chi connectivity index (χ4v) is 3.18. The van der Waals surface area contributed by atoms with Crippen molar-refractivity contribution < 1.29 is 18.7 Å². The number of carbonyl (C=O) groups excluding carboxylic acids is 2. The topological polar surface area (TPSA) is 67.4 Å². The zero-order valence-electron chi connectivity index (χ0n) is 14.8. The smallest absolute Gasteiger partial charge is 0.232 e. The van der Waals surface area contributed by atoms with Crippen molar-refractivity contribution in [1.29, 1.82) is 0 Å². The molecule has 4 rings (SSSR count). The summed E-state index contributed by atoms with van der Waals surface area (Å²) in [6, 6.07) is 20.3. The number of ether oxygens (including phenoxy) is 1. The average Bonchev–Trinajstić information content (AvgIpc) is 2.70. The molecule has 5 nitrogen and oxygen atoms in total. The highest BCUT2D eigenvalue weighted by molar-refractivity contribution is 6.05. The van der Waals surface area contributed by atoms with Crippen molar-refractivity contribution in [3.63, 3.8) is 0 Å². The van der Waals surface area contributed by atoms with Gasteiger partial charge in [-0.05, 0) is 35.9 Å². The third kappa shape index (κ3) is 3.57. The zero-order valence-corrected chi connectivity index (χ0v) is 14.8. The van der Waals surface area contributed by atoms with Crippen molar-refractivity contribution in [2.24, 2.45) is 0 Å². The molecule has 0 spiro atoms. The van der Waals surface area contributed by atoms with Crippen LogP contribution in [0, 0.1) is 5.82 Å². The first-order chi connectivity index (χ1) is 13.6. The molecule has 0 saturated carbocycles. The number of nitrogens with one attached hydrogen (secondary N) is 2. The van der Waals surface area contributed by atoms with Crippen LogP contribution in [0.15, 0.2) is 72.8 Å². The van der Waals surface area contributed by atoms with Crippen molar-refractivity contribution in [1.82, 2.24) is 0 Å². The summed E-state index contributed by atoms with van der Waals surface area (Å²) < 4.78 is 20.2. The molecule has 140 valence electrons. The Kier molecular flexibility index (Phi) is 4.76. The van der Waals surface area contributed by atoms with Crippen LogP contribution in [0.5, 0.6) is 11.5 Å². The summed E-state index contributed by atoms with van der Waals surface area (Å²) in [6.45, 7) is 0. The van der Waals surface area contributed by atoms with Gasteiger partial charge in [-0.15, -0.1) is 0 Å². The molecule has 0 aliphatic carbocycles. The molecule has 0 radical (unpaired) electrons. The minimum absolute atomic E-state index is 0.00776. The van der Waals surface area contributed by atoms with E-state index in [9.17, 15) is 14.0 Å². The van der Waals surface area contributed by atoms with Gasteiger partial charge in [-0.2, -0.15) is 0 Å². The van der Waals surface area contributed by atoms with E-state index in [1.165, 1.54) is 12.1 Å². The number of anilines is 2. The summed E-state index contributed by atoms with van der Waals surface area (Å²) in [5.41, 5.74) is 1.23. The van der Waals surface area contributed by atoms with Crippen molar-refractivity contribution in [3.8, 4) is 11.5 Å². The van der Waals surface area contributed by atoms with Gasteiger partial charge in [0.05, 0.1) is 5.92 Å². The molecule has 0 aromatic heterocycles. The van der Waals surface area contributed by atoms with Gasteiger partial charge in [0.1, 0.15) is 11.4 Å². The number of para-hydroxylation sites is 3. The lowest BCUT2D eigenvalue weighted by molar-refractivity contribution is -0.123. The van der Waals surface area contributed by atoms with Crippen molar-refractivity contribution >= 4 is 23.2 Å². The number of rotatable bonds is 4. The SMILES string of the molecule is O=C1CC(C(=O)Nc2c(F)cccc2Oc2ccccc2)c2ccccc2N1. The van der Waals surface area contributed by atoms with Crippen LogP contribution in [-0.4, -0.2) is 11.8 Å². The summed E-state index contributed by atoms with van der Waals surface area (Å²) in [4.78, 5) is 24.9. The molecule has 0 bridgehead atoms. The molecule has 2 N–H and O–H groups in total. The molecule has 28 heavy (non-hydrogen) atoms. The summed E-state index contributed by atoms with van der Waals surface area (Å²) >= 11 is 0. The first-order valence-corrected chi connectivity index (χ1v) is 8.83. The third-order valence-electron chi connectivity index (χ3n) is 4.51. The molecule has 1 heterocycles. The Morgan fingerprint density at radius 1 is 1.00 bits per heavy atom. The van der Waals surface area contributed by atoms with Crippen LogP contribution in [0.1, 0.15) is 17.9 Å². The lowest BCUT2D eigenvalue weighted by Gasteiger charge is -2.25. The second-order valence-corrected chi connectivity index (χ2v) is 6.41. The monoisotopic (exact) mass is 376 g/mol. The highest BCUT2D eigenvalue weighted by atomic mass is 19.1. The lowest BCUT2D eigenvalue weighted by atomic mass is 9.89. The van der Waals surface area contributed by atoms with Gasteiger partial charge in [0.2, 0.25) is 11.8 Å². The van der Waals surface area contributed by atoms with Crippen molar-refractivity contribution in [2.75, 3.05) is 10.6 Å². The van der Waals surface area contributed by atoms with E-state index in [1.54, 1.807) is 54.6 Å². The molecule has 1 aliphatic heterocycles. The summed E-state index contributed by atoms with van der Waals surface area (Å²) in [5.74, 6) is -1.35. The summed E-state index contributed by atoms with van der Waals surface area (Å²) in [5, 5.41) is 5.36. The van der Waals surface area contributed by atoms with Crippen molar-refractivity contribution in [2.45, 2.75) is 12.3 Å². The van der Waals surface area contributed by atoms with Gasteiger partial charge in [0.15, 0.2) is 11.6 Å². The minimum Gasteiger partial charge on any atom is -0.455 e. The first kappa shape index (κ1) is 17.7. The summed E-state index contributed by atoms with van der Waals surface area (Å²) in [7, 11) is 0. The fourth-order valence-electron chi connectivity index (χ4n) is 3.18. The molecule has 3 aromatic carbocycles. The number of fused-ring (bicyclic) bond motifs is 1. The van der Waals surface area contributed by atoms with Crippen molar-refractivity contribution in [3.05, 3.63) is 84.2 Å². The Labute approximate surface area is 161 Å². The Morgan fingerprint density at radius 2 is 1.75 bits per heavy atom. The standard InChI is InChI=1S/C22H17FN2O3/c23-17-10-6-12-19(28-14-7-2-1-3-8-14)21(17)25-22(27)16-13-20(26)24-18-11-5-4-9-15(16)18/h1-12,16H,13H2,(H,24,26)(H,25,27). The number of carbonyl (C=O) groups is 2. The maximum absolute atomic E-state index is 14.5. The number of benzene rings is 3. The average molecular weight is 376 g/mol. The highest BCUT2D eigenvalue weighted by Gasteiger charge is 2.31.